The van der Waals surface area contributed by atoms with Crippen LogP contribution in [-0.2, 0) is 0 Å². The molecule has 20 heavy (non-hydrogen) atoms. The number of H-pyrrole nitrogens is 1. The maximum absolute atomic E-state index is 5.77. The number of aromatic nitrogens is 2. The highest BCUT2D eigenvalue weighted by Gasteiger charge is 2.23. The fourth-order valence-electron chi connectivity index (χ4n) is 2.26. The molecule has 3 rings (SSSR count). The molecule has 104 valence electrons. The molecule has 1 fully saturated rings. The number of rotatable bonds is 4. The first-order valence-electron chi connectivity index (χ1n) is 7.00. The van der Waals surface area contributed by atoms with E-state index >= 15 is 0 Å². The largest absolute Gasteiger partial charge is 0.490 e. The second-order valence-electron chi connectivity index (χ2n) is 5.49. The highest BCUT2D eigenvalue weighted by atomic mass is 32.1. The molecule has 1 saturated carbocycles. The van der Waals surface area contributed by atoms with Gasteiger partial charge in [0.25, 0.3) is 0 Å². The number of aromatic amines is 1. The van der Waals surface area contributed by atoms with Gasteiger partial charge in [-0.15, -0.1) is 0 Å². The standard InChI is InChI=1S/C16H18N2OS/c1-10(2)14-15(17-9-18-16(14)20)11-3-5-12(6-4-11)19-13-7-8-13/h3-6,9-10,13H,7-8H2,1-2H3,(H,17,18,20). The summed E-state index contributed by atoms with van der Waals surface area (Å²) < 4.78 is 6.45. The lowest BCUT2D eigenvalue weighted by Gasteiger charge is -2.13. The first-order chi connectivity index (χ1) is 9.65. The van der Waals surface area contributed by atoms with Crippen molar-refractivity contribution in [3.8, 4) is 17.0 Å². The number of ether oxygens (including phenoxy) is 1. The molecule has 3 nitrogen and oxygen atoms in total. The second-order valence-corrected chi connectivity index (χ2v) is 5.88. The van der Waals surface area contributed by atoms with Gasteiger partial charge in [0.05, 0.1) is 18.1 Å². The van der Waals surface area contributed by atoms with Gasteiger partial charge in [-0.05, 0) is 48.6 Å². The Bertz CT molecular complexity index is 657. The van der Waals surface area contributed by atoms with E-state index in [1.807, 2.05) is 12.1 Å². The number of hydrogen-bond donors (Lipinski definition) is 1. The zero-order valence-electron chi connectivity index (χ0n) is 11.7. The minimum absolute atomic E-state index is 0.338. The van der Waals surface area contributed by atoms with Crippen molar-refractivity contribution in [3.63, 3.8) is 0 Å². The van der Waals surface area contributed by atoms with Crippen LogP contribution in [0.2, 0.25) is 0 Å². The Hall–Kier alpha value is -1.68. The highest BCUT2D eigenvalue weighted by Crippen LogP contribution is 2.31. The molecule has 1 heterocycles. The van der Waals surface area contributed by atoms with Crippen LogP contribution in [0.5, 0.6) is 5.75 Å². The molecule has 1 aliphatic rings. The SMILES string of the molecule is CC(C)c1c(-c2ccc(OC3CC3)cc2)[nH]cnc1=S. The topological polar surface area (TPSA) is 37.9 Å². The summed E-state index contributed by atoms with van der Waals surface area (Å²) in [5.74, 6) is 1.28. The molecule has 1 N–H and O–H groups in total. The van der Waals surface area contributed by atoms with Gasteiger partial charge in [0.1, 0.15) is 10.4 Å². The molecule has 0 atom stereocenters. The molecule has 2 aromatic rings. The summed E-state index contributed by atoms with van der Waals surface area (Å²) in [6.45, 7) is 4.27. The molecule has 0 unspecified atom stereocenters. The van der Waals surface area contributed by atoms with Gasteiger partial charge >= 0.3 is 0 Å². The molecule has 0 saturated heterocycles. The first-order valence-corrected chi connectivity index (χ1v) is 7.40. The molecule has 0 bridgehead atoms. The Morgan fingerprint density at radius 2 is 1.95 bits per heavy atom. The molecular formula is C16H18N2OS. The van der Waals surface area contributed by atoms with E-state index in [4.69, 9.17) is 17.0 Å². The lowest BCUT2D eigenvalue weighted by molar-refractivity contribution is 0.303. The Balaban J connectivity index is 1.96. The summed E-state index contributed by atoms with van der Waals surface area (Å²) in [4.78, 5) is 7.42. The van der Waals surface area contributed by atoms with Gasteiger partial charge in [-0.1, -0.05) is 26.1 Å². The van der Waals surface area contributed by atoms with Crippen LogP contribution in [0, 0.1) is 4.64 Å². The van der Waals surface area contributed by atoms with Crippen LogP contribution in [0.25, 0.3) is 11.3 Å². The van der Waals surface area contributed by atoms with Crippen molar-refractivity contribution in [3.05, 3.63) is 40.8 Å². The second kappa shape index (κ2) is 5.37. The smallest absolute Gasteiger partial charge is 0.133 e. The molecule has 0 radical (unpaired) electrons. The van der Waals surface area contributed by atoms with Gasteiger partial charge < -0.3 is 9.72 Å². The lowest BCUT2D eigenvalue weighted by atomic mass is 9.99. The summed E-state index contributed by atoms with van der Waals surface area (Å²) in [7, 11) is 0. The highest BCUT2D eigenvalue weighted by molar-refractivity contribution is 7.71. The van der Waals surface area contributed by atoms with E-state index in [9.17, 15) is 0 Å². The molecule has 4 heteroatoms. The van der Waals surface area contributed by atoms with Crippen LogP contribution < -0.4 is 4.74 Å². The third-order valence-corrected chi connectivity index (χ3v) is 3.76. The summed E-state index contributed by atoms with van der Waals surface area (Å²) in [5.41, 5.74) is 3.27. The summed E-state index contributed by atoms with van der Waals surface area (Å²) >= 11 is 5.35. The zero-order chi connectivity index (χ0) is 14.1. The zero-order valence-corrected chi connectivity index (χ0v) is 12.5. The van der Waals surface area contributed by atoms with E-state index in [0.717, 1.165) is 22.6 Å². The predicted molar refractivity (Wildman–Crippen MR) is 82.6 cm³/mol. The first kappa shape index (κ1) is 13.3. The summed E-state index contributed by atoms with van der Waals surface area (Å²) in [6.07, 6.45) is 4.45. The Kier molecular flexibility index (Phi) is 3.57. The van der Waals surface area contributed by atoms with Crippen LogP contribution in [0.1, 0.15) is 38.2 Å². The third-order valence-electron chi connectivity index (χ3n) is 3.44. The van der Waals surface area contributed by atoms with Crippen molar-refractivity contribution in [1.29, 1.82) is 0 Å². The van der Waals surface area contributed by atoms with E-state index < -0.39 is 0 Å². The van der Waals surface area contributed by atoms with Gasteiger partial charge in [0.2, 0.25) is 0 Å². The number of benzene rings is 1. The van der Waals surface area contributed by atoms with Crippen LogP contribution in [-0.4, -0.2) is 16.1 Å². The van der Waals surface area contributed by atoms with Crippen LogP contribution in [0.3, 0.4) is 0 Å². The van der Waals surface area contributed by atoms with Gasteiger partial charge in [-0.2, -0.15) is 0 Å². The van der Waals surface area contributed by atoms with Crippen LogP contribution >= 0.6 is 12.2 Å². The predicted octanol–water partition coefficient (Wildman–Crippen LogP) is 4.47. The molecule has 0 spiro atoms. The summed E-state index contributed by atoms with van der Waals surface area (Å²) in [6, 6.07) is 8.19. The molecule has 1 aliphatic carbocycles. The van der Waals surface area contributed by atoms with Crippen molar-refractivity contribution in [2.24, 2.45) is 0 Å². The molecular weight excluding hydrogens is 268 g/mol. The minimum atomic E-state index is 0.338. The van der Waals surface area contributed by atoms with Crippen LogP contribution in [0.4, 0.5) is 0 Å². The average Bonchev–Trinajstić information content (AvgIpc) is 3.23. The van der Waals surface area contributed by atoms with Crippen molar-refractivity contribution in [2.75, 3.05) is 0 Å². The van der Waals surface area contributed by atoms with E-state index in [2.05, 4.69) is 35.9 Å². The molecule has 1 aromatic carbocycles. The quantitative estimate of drug-likeness (QED) is 0.843. The maximum atomic E-state index is 5.77. The number of hydrogen-bond acceptors (Lipinski definition) is 3. The normalized spacial score (nSPS) is 14.6. The van der Waals surface area contributed by atoms with Crippen molar-refractivity contribution >= 4 is 12.2 Å². The lowest BCUT2D eigenvalue weighted by Crippen LogP contribution is -1.99. The van der Waals surface area contributed by atoms with Crippen molar-refractivity contribution in [2.45, 2.75) is 38.7 Å². The minimum Gasteiger partial charge on any atom is -0.490 e. The third kappa shape index (κ3) is 2.75. The summed E-state index contributed by atoms with van der Waals surface area (Å²) in [5, 5.41) is 0. The monoisotopic (exact) mass is 286 g/mol. The molecule has 0 amide bonds. The van der Waals surface area contributed by atoms with Gasteiger partial charge in [-0.3, -0.25) is 0 Å². The number of nitrogens with zero attached hydrogens (tertiary/aromatic N) is 1. The number of nitrogens with one attached hydrogen (secondary N) is 1. The van der Waals surface area contributed by atoms with E-state index in [1.54, 1.807) is 6.33 Å². The molecule has 0 aliphatic heterocycles. The van der Waals surface area contributed by atoms with Crippen molar-refractivity contribution in [1.82, 2.24) is 9.97 Å². The van der Waals surface area contributed by atoms with Gasteiger partial charge in [0.15, 0.2) is 0 Å². The molecule has 1 aromatic heterocycles. The Labute approximate surface area is 124 Å². The maximum Gasteiger partial charge on any atom is 0.133 e. The van der Waals surface area contributed by atoms with E-state index in [0.29, 0.717) is 16.7 Å². The van der Waals surface area contributed by atoms with Crippen molar-refractivity contribution < 1.29 is 4.74 Å². The van der Waals surface area contributed by atoms with Gasteiger partial charge in [0, 0.05) is 5.56 Å². The van der Waals surface area contributed by atoms with Crippen LogP contribution in [0.15, 0.2) is 30.6 Å². The fourth-order valence-corrected chi connectivity index (χ4v) is 2.65. The average molecular weight is 286 g/mol. The Morgan fingerprint density at radius 3 is 2.55 bits per heavy atom. The Morgan fingerprint density at radius 1 is 1.25 bits per heavy atom. The van der Waals surface area contributed by atoms with E-state index in [-0.39, 0.29) is 0 Å². The van der Waals surface area contributed by atoms with Gasteiger partial charge in [-0.25, -0.2) is 4.98 Å². The van der Waals surface area contributed by atoms with E-state index in [1.165, 1.54) is 12.8 Å². The fraction of sp³-hybridized carbons (Fsp3) is 0.375.